The molecule has 3 fully saturated rings. The molecule has 0 aromatic carbocycles. The minimum absolute atomic E-state index is 0.101. The van der Waals surface area contributed by atoms with Crippen molar-refractivity contribution >= 4 is 12.0 Å². The summed E-state index contributed by atoms with van der Waals surface area (Å²) >= 11 is 0. The van der Waals surface area contributed by atoms with E-state index in [9.17, 15) is 14.7 Å². The molecule has 3 N–H and O–H groups in total. The van der Waals surface area contributed by atoms with Gasteiger partial charge in [0.2, 0.25) is 0 Å². The second-order valence-corrected chi connectivity index (χ2v) is 6.34. The van der Waals surface area contributed by atoms with Crippen LogP contribution < -0.4 is 5.32 Å². The number of hydrogen-bond donors (Lipinski definition) is 3. The Morgan fingerprint density at radius 3 is 2.71 bits per heavy atom. The molecular formula is C14H23N3O4. The maximum Gasteiger partial charge on any atom is 0.326 e. The summed E-state index contributed by atoms with van der Waals surface area (Å²) in [4.78, 5) is 27.2. The largest absolute Gasteiger partial charge is 0.480 e. The van der Waals surface area contributed by atoms with Crippen LogP contribution in [0.25, 0.3) is 0 Å². The molecule has 3 aliphatic rings. The summed E-state index contributed by atoms with van der Waals surface area (Å²) in [7, 11) is 0. The predicted molar refractivity (Wildman–Crippen MR) is 74.9 cm³/mol. The number of hydrogen-bond acceptors (Lipinski definition) is 4. The van der Waals surface area contributed by atoms with Gasteiger partial charge in [-0.1, -0.05) is 6.42 Å². The molecule has 2 amide bonds. The van der Waals surface area contributed by atoms with Crippen LogP contribution in [-0.4, -0.2) is 75.9 Å². The highest BCUT2D eigenvalue weighted by molar-refractivity contribution is 5.83. The molecule has 0 spiro atoms. The Morgan fingerprint density at radius 1 is 1.14 bits per heavy atom. The number of carboxylic acid groups (broad SMARTS) is 1. The number of fused-ring (bicyclic) bond motifs is 1. The van der Waals surface area contributed by atoms with Gasteiger partial charge in [0, 0.05) is 31.6 Å². The number of carboxylic acids is 1. The minimum Gasteiger partial charge on any atom is -0.480 e. The van der Waals surface area contributed by atoms with Gasteiger partial charge in [0.25, 0.3) is 0 Å². The fourth-order valence-electron chi connectivity index (χ4n) is 3.93. The van der Waals surface area contributed by atoms with Gasteiger partial charge in [-0.3, -0.25) is 4.90 Å². The number of aliphatic hydroxyl groups is 1. The summed E-state index contributed by atoms with van der Waals surface area (Å²) < 4.78 is 0. The van der Waals surface area contributed by atoms with E-state index in [4.69, 9.17) is 5.11 Å². The zero-order chi connectivity index (χ0) is 15.0. The van der Waals surface area contributed by atoms with Crippen LogP contribution in [0.4, 0.5) is 4.79 Å². The molecule has 7 nitrogen and oxygen atoms in total. The number of urea groups is 1. The van der Waals surface area contributed by atoms with Crippen molar-refractivity contribution in [2.24, 2.45) is 0 Å². The first-order chi connectivity index (χ1) is 10.1. The summed E-state index contributed by atoms with van der Waals surface area (Å²) in [5.74, 6) is -1.05. The summed E-state index contributed by atoms with van der Waals surface area (Å²) in [6, 6.07) is -0.774. The number of nitrogens with one attached hydrogen (secondary N) is 1. The van der Waals surface area contributed by atoms with Crippen molar-refractivity contribution in [1.82, 2.24) is 15.1 Å². The Hall–Kier alpha value is -1.34. The maximum atomic E-state index is 12.4. The van der Waals surface area contributed by atoms with Crippen molar-refractivity contribution in [2.75, 3.05) is 19.6 Å². The van der Waals surface area contributed by atoms with E-state index in [0.717, 1.165) is 25.9 Å². The normalized spacial score (nSPS) is 36.5. The van der Waals surface area contributed by atoms with Crippen LogP contribution >= 0.6 is 0 Å². The van der Waals surface area contributed by atoms with Crippen LogP contribution in [0.2, 0.25) is 0 Å². The van der Waals surface area contributed by atoms with Crippen LogP contribution in [-0.2, 0) is 4.79 Å². The molecule has 3 saturated heterocycles. The minimum atomic E-state index is -1.05. The number of rotatable bonds is 2. The summed E-state index contributed by atoms with van der Waals surface area (Å²) in [5, 5.41) is 21.8. The monoisotopic (exact) mass is 297 g/mol. The molecular weight excluding hydrogens is 274 g/mol. The SMILES string of the molecule is O=C(O)[C@@H]1C[C@H](O)CN1C(=O)NC1CCN2CCCCC12. The topological polar surface area (TPSA) is 93.1 Å². The third-order valence-corrected chi connectivity index (χ3v) is 4.99. The van der Waals surface area contributed by atoms with Gasteiger partial charge in [0.1, 0.15) is 6.04 Å². The Kier molecular flexibility index (Phi) is 4.03. The van der Waals surface area contributed by atoms with Gasteiger partial charge in [0.05, 0.1) is 6.10 Å². The second-order valence-electron chi connectivity index (χ2n) is 6.34. The number of nitrogens with zero attached hydrogens (tertiary/aromatic N) is 2. The lowest BCUT2D eigenvalue weighted by Gasteiger charge is -2.33. The highest BCUT2D eigenvalue weighted by Crippen LogP contribution is 2.27. The number of amides is 2. The molecule has 0 bridgehead atoms. The first kappa shape index (κ1) is 14.6. The molecule has 0 aliphatic carbocycles. The lowest BCUT2D eigenvalue weighted by Crippen LogP contribution is -2.53. The zero-order valence-corrected chi connectivity index (χ0v) is 12.1. The third kappa shape index (κ3) is 2.85. The van der Waals surface area contributed by atoms with Crippen molar-refractivity contribution in [1.29, 1.82) is 0 Å². The number of β-amino-alcohol motifs (C(OH)–C–C–N with tert-alkyl or cyclic N) is 1. The first-order valence-corrected chi connectivity index (χ1v) is 7.78. The highest BCUT2D eigenvalue weighted by Gasteiger charge is 2.42. The van der Waals surface area contributed by atoms with Crippen LogP contribution in [0.15, 0.2) is 0 Å². The fraction of sp³-hybridized carbons (Fsp3) is 0.857. The summed E-state index contributed by atoms with van der Waals surface area (Å²) in [5.41, 5.74) is 0. The standard InChI is InChI=1S/C14H23N3O4/c18-9-7-12(13(19)20)17(8-9)14(21)15-10-4-6-16-5-2-1-3-11(10)16/h9-12,18H,1-8H2,(H,15,21)(H,19,20)/t9-,10?,11?,12-/m0/s1. The van der Waals surface area contributed by atoms with Crippen molar-refractivity contribution < 1.29 is 19.8 Å². The number of aliphatic hydroxyl groups excluding tert-OH is 1. The predicted octanol–water partition coefficient (Wildman–Crippen LogP) is -0.157. The lowest BCUT2D eigenvalue weighted by atomic mass is 9.99. The number of carbonyl (C=O) groups is 2. The molecule has 3 aliphatic heterocycles. The lowest BCUT2D eigenvalue weighted by molar-refractivity contribution is -0.141. The van der Waals surface area contributed by atoms with Gasteiger partial charge >= 0.3 is 12.0 Å². The van der Waals surface area contributed by atoms with Gasteiger partial charge in [-0.15, -0.1) is 0 Å². The number of likely N-dealkylation sites (tertiary alicyclic amines) is 1. The van der Waals surface area contributed by atoms with E-state index < -0.39 is 18.1 Å². The zero-order valence-electron chi connectivity index (χ0n) is 12.1. The van der Waals surface area contributed by atoms with Gasteiger partial charge in [-0.25, -0.2) is 9.59 Å². The average Bonchev–Trinajstić information content (AvgIpc) is 3.03. The fourth-order valence-corrected chi connectivity index (χ4v) is 3.93. The Labute approximate surface area is 123 Å². The molecule has 3 heterocycles. The Bertz CT molecular complexity index is 430. The van der Waals surface area contributed by atoms with E-state index in [1.807, 2.05) is 0 Å². The van der Waals surface area contributed by atoms with Crippen molar-refractivity contribution in [2.45, 2.75) is 56.3 Å². The molecule has 0 saturated carbocycles. The van der Waals surface area contributed by atoms with Gasteiger partial charge in [0.15, 0.2) is 0 Å². The average molecular weight is 297 g/mol. The smallest absolute Gasteiger partial charge is 0.326 e. The molecule has 7 heteroatoms. The number of piperidine rings is 1. The van der Waals surface area contributed by atoms with Gasteiger partial charge < -0.3 is 20.4 Å². The Morgan fingerprint density at radius 2 is 1.95 bits per heavy atom. The van der Waals surface area contributed by atoms with E-state index in [1.165, 1.54) is 17.7 Å². The van der Waals surface area contributed by atoms with Gasteiger partial charge in [-0.2, -0.15) is 0 Å². The van der Waals surface area contributed by atoms with Gasteiger partial charge in [-0.05, 0) is 25.8 Å². The van der Waals surface area contributed by atoms with E-state index >= 15 is 0 Å². The highest BCUT2D eigenvalue weighted by atomic mass is 16.4. The third-order valence-electron chi connectivity index (χ3n) is 4.99. The first-order valence-electron chi connectivity index (χ1n) is 7.78. The molecule has 118 valence electrons. The van der Waals surface area contributed by atoms with Crippen LogP contribution in [0.3, 0.4) is 0 Å². The van der Waals surface area contributed by atoms with E-state index in [-0.39, 0.29) is 25.0 Å². The van der Waals surface area contributed by atoms with Crippen molar-refractivity contribution in [3.63, 3.8) is 0 Å². The van der Waals surface area contributed by atoms with E-state index in [2.05, 4.69) is 10.2 Å². The van der Waals surface area contributed by atoms with Crippen molar-refractivity contribution in [3.8, 4) is 0 Å². The molecule has 21 heavy (non-hydrogen) atoms. The molecule has 2 unspecified atom stereocenters. The summed E-state index contributed by atoms with van der Waals surface area (Å²) in [6.45, 7) is 2.20. The Balaban J connectivity index is 1.62. The molecule has 0 radical (unpaired) electrons. The second kappa shape index (κ2) is 5.81. The van der Waals surface area contributed by atoms with Crippen LogP contribution in [0.1, 0.15) is 32.1 Å². The number of carbonyl (C=O) groups excluding carboxylic acids is 1. The molecule has 0 aromatic heterocycles. The van der Waals surface area contributed by atoms with Crippen LogP contribution in [0, 0.1) is 0 Å². The van der Waals surface area contributed by atoms with Crippen LogP contribution in [0.5, 0.6) is 0 Å². The van der Waals surface area contributed by atoms with Crippen molar-refractivity contribution in [3.05, 3.63) is 0 Å². The molecule has 4 atom stereocenters. The molecule has 0 aromatic rings. The molecule has 3 rings (SSSR count). The quantitative estimate of drug-likeness (QED) is 0.659. The van der Waals surface area contributed by atoms with E-state index in [0.29, 0.717) is 6.04 Å². The summed E-state index contributed by atoms with van der Waals surface area (Å²) in [6.07, 6.45) is 3.79. The van der Waals surface area contributed by atoms with E-state index in [1.54, 1.807) is 0 Å². The maximum absolute atomic E-state index is 12.4. The number of aliphatic carboxylic acids is 1.